The first-order chi connectivity index (χ1) is 8.78. The van der Waals surface area contributed by atoms with Crippen molar-refractivity contribution in [3.63, 3.8) is 0 Å². The lowest BCUT2D eigenvalue weighted by Gasteiger charge is -2.32. The SMILES string of the molecule is CC1C=c2ccc(B3OC(C)(C)C(C)(C)O3)cc2=N1. The van der Waals surface area contributed by atoms with Crippen LogP contribution in [0.5, 0.6) is 0 Å². The number of benzene rings is 1. The molecule has 0 saturated carbocycles. The highest BCUT2D eigenvalue weighted by Crippen LogP contribution is 2.36. The van der Waals surface area contributed by atoms with Crippen LogP contribution in [-0.4, -0.2) is 24.4 Å². The molecule has 1 aromatic carbocycles. The van der Waals surface area contributed by atoms with E-state index in [2.05, 4.69) is 63.9 Å². The van der Waals surface area contributed by atoms with Crippen LogP contribution >= 0.6 is 0 Å². The molecular formula is C15H20BNO2. The summed E-state index contributed by atoms with van der Waals surface area (Å²) in [5.41, 5.74) is 0.448. The maximum absolute atomic E-state index is 6.06. The Labute approximate surface area is 114 Å². The molecule has 1 fully saturated rings. The Kier molecular flexibility index (Phi) is 2.67. The standard InChI is InChI=1S/C15H20BNO2/c1-10-8-11-6-7-12(9-13(11)17-10)16-18-14(2,3)15(4,5)19-16/h6-10H,1-5H3. The van der Waals surface area contributed by atoms with Crippen LogP contribution in [0.4, 0.5) is 0 Å². The fourth-order valence-corrected chi connectivity index (χ4v) is 2.46. The van der Waals surface area contributed by atoms with Crippen LogP contribution in [0.15, 0.2) is 23.2 Å². The third-order valence-corrected chi connectivity index (χ3v) is 4.34. The summed E-state index contributed by atoms with van der Waals surface area (Å²) in [6.45, 7) is 10.4. The van der Waals surface area contributed by atoms with Crippen molar-refractivity contribution in [1.82, 2.24) is 0 Å². The van der Waals surface area contributed by atoms with Crippen molar-refractivity contribution in [1.29, 1.82) is 0 Å². The molecule has 0 aliphatic carbocycles. The van der Waals surface area contributed by atoms with E-state index in [-0.39, 0.29) is 24.4 Å². The second kappa shape index (κ2) is 3.93. The van der Waals surface area contributed by atoms with Gasteiger partial charge in [0.2, 0.25) is 0 Å². The fourth-order valence-electron chi connectivity index (χ4n) is 2.46. The van der Waals surface area contributed by atoms with Crippen molar-refractivity contribution < 1.29 is 9.31 Å². The maximum Gasteiger partial charge on any atom is 0.494 e. The lowest BCUT2D eigenvalue weighted by atomic mass is 9.79. The topological polar surface area (TPSA) is 30.8 Å². The van der Waals surface area contributed by atoms with Gasteiger partial charge in [-0.2, -0.15) is 0 Å². The first kappa shape index (κ1) is 12.9. The zero-order valence-corrected chi connectivity index (χ0v) is 12.2. The van der Waals surface area contributed by atoms with Crippen LogP contribution in [0.1, 0.15) is 34.6 Å². The Morgan fingerprint density at radius 2 is 1.74 bits per heavy atom. The third-order valence-electron chi connectivity index (χ3n) is 4.34. The van der Waals surface area contributed by atoms with Gasteiger partial charge in [-0.05, 0) is 51.4 Å². The van der Waals surface area contributed by atoms with Crippen LogP contribution in [-0.2, 0) is 9.31 Å². The molecular weight excluding hydrogens is 237 g/mol. The molecule has 0 N–H and O–H groups in total. The van der Waals surface area contributed by atoms with Crippen molar-refractivity contribution in [2.24, 2.45) is 4.99 Å². The van der Waals surface area contributed by atoms with Gasteiger partial charge in [-0.15, -0.1) is 0 Å². The van der Waals surface area contributed by atoms with Gasteiger partial charge < -0.3 is 9.31 Å². The Morgan fingerprint density at radius 3 is 2.37 bits per heavy atom. The molecule has 1 aromatic rings. The van der Waals surface area contributed by atoms with E-state index in [4.69, 9.17) is 9.31 Å². The molecule has 0 spiro atoms. The summed E-state index contributed by atoms with van der Waals surface area (Å²) in [5.74, 6) is 0. The van der Waals surface area contributed by atoms with Crippen molar-refractivity contribution in [3.05, 3.63) is 28.8 Å². The van der Waals surface area contributed by atoms with E-state index in [9.17, 15) is 0 Å². The largest absolute Gasteiger partial charge is 0.494 e. The molecule has 2 aliphatic rings. The van der Waals surface area contributed by atoms with E-state index in [1.807, 2.05) is 0 Å². The molecule has 0 bridgehead atoms. The minimum Gasteiger partial charge on any atom is -0.399 e. The second-order valence-electron chi connectivity index (χ2n) is 6.44. The summed E-state index contributed by atoms with van der Waals surface area (Å²) in [6.07, 6.45) is 2.17. The van der Waals surface area contributed by atoms with Gasteiger partial charge >= 0.3 is 7.12 Å². The van der Waals surface area contributed by atoms with Gasteiger partial charge in [-0.3, -0.25) is 4.99 Å². The molecule has 100 valence electrons. The maximum atomic E-state index is 6.06. The minimum absolute atomic E-state index is 0.267. The summed E-state index contributed by atoms with van der Waals surface area (Å²) >= 11 is 0. The van der Waals surface area contributed by atoms with Crippen molar-refractivity contribution >= 4 is 18.7 Å². The van der Waals surface area contributed by atoms with E-state index in [0.717, 1.165) is 10.8 Å². The first-order valence-electron chi connectivity index (χ1n) is 6.84. The van der Waals surface area contributed by atoms with Gasteiger partial charge in [-0.25, -0.2) is 0 Å². The number of rotatable bonds is 1. The molecule has 0 aromatic heterocycles. The van der Waals surface area contributed by atoms with Gasteiger partial charge in [0, 0.05) is 0 Å². The molecule has 2 aliphatic heterocycles. The lowest BCUT2D eigenvalue weighted by molar-refractivity contribution is 0.00578. The van der Waals surface area contributed by atoms with E-state index in [1.54, 1.807) is 0 Å². The molecule has 1 atom stereocenters. The molecule has 0 radical (unpaired) electrons. The Balaban J connectivity index is 1.97. The van der Waals surface area contributed by atoms with E-state index >= 15 is 0 Å². The molecule has 3 rings (SSSR count). The highest BCUT2D eigenvalue weighted by atomic mass is 16.7. The van der Waals surface area contributed by atoms with E-state index in [1.165, 1.54) is 5.22 Å². The third kappa shape index (κ3) is 2.03. The summed E-state index contributed by atoms with van der Waals surface area (Å²) in [6, 6.07) is 6.52. The number of hydrogen-bond donors (Lipinski definition) is 0. The normalized spacial score (nSPS) is 26.8. The highest BCUT2D eigenvalue weighted by molar-refractivity contribution is 6.62. The van der Waals surface area contributed by atoms with Crippen LogP contribution < -0.4 is 16.0 Å². The Hall–Kier alpha value is -1.13. The lowest BCUT2D eigenvalue weighted by Crippen LogP contribution is -2.41. The minimum atomic E-state index is -0.304. The number of hydrogen-bond acceptors (Lipinski definition) is 3. The van der Waals surface area contributed by atoms with Crippen LogP contribution in [0, 0.1) is 0 Å². The smallest absolute Gasteiger partial charge is 0.399 e. The van der Waals surface area contributed by atoms with Gasteiger partial charge in [0.05, 0.1) is 22.6 Å². The molecule has 1 saturated heterocycles. The molecule has 2 heterocycles. The highest BCUT2D eigenvalue weighted by Gasteiger charge is 2.51. The van der Waals surface area contributed by atoms with Crippen LogP contribution in [0.2, 0.25) is 0 Å². The quantitative estimate of drug-likeness (QED) is 0.696. The zero-order chi connectivity index (χ0) is 13.8. The second-order valence-corrected chi connectivity index (χ2v) is 6.44. The van der Waals surface area contributed by atoms with Crippen LogP contribution in [0.3, 0.4) is 0 Å². The summed E-state index contributed by atoms with van der Waals surface area (Å²) in [7, 11) is -0.304. The van der Waals surface area contributed by atoms with Crippen molar-refractivity contribution in [2.45, 2.75) is 51.9 Å². The van der Waals surface area contributed by atoms with E-state index < -0.39 is 0 Å². The predicted octanol–water partition coefficient (Wildman–Crippen LogP) is 0.788. The number of fused-ring (bicyclic) bond motifs is 1. The van der Waals surface area contributed by atoms with E-state index in [0.29, 0.717) is 0 Å². The van der Waals surface area contributed by atoms with Gasteiger partial charge in [-0.1, -0.05) is 18.2 Å². The molecule has 4 heteroatoms. The van der Waals surface area contributed by atoms with Crippen LogP contribution in [0.25, 0.3) is 6.08 Å². The zero-order valence-electron chi connectivity index (χ0n) is 12.2. The van der Waals surface area contributed by atoms with Crippen molar-refractivity contribution in [3.8, 4) is 0 Å². The summed E-state index contributed by atoms with van der Waals surface area (Å²) in [4.78, 5) is 4.59. The number of nitrogens with zero attached hydrogens (tertiary/aromatic N) is 1. The monoisotopic (exact) mass is 257 g/mol. The summed E-state index contributed by atoms with van der Waals surface area (Å²) < 4.78 is 12.1. The first-order valence-corrected chi connectivity index (χ1v) is 6.84. The van der Waals surface area contributed by atoms with Gasteiger partial charge in [0.15, 0.2) is 0 Å². The Bertz CT molecular complexity index is 620. The predicted molar refractivity (Wildman–Crippen MR) is 76.9 cm³/mol. The molecule has 0 amide bonds. The van der Waals surface area contributed by atoms with Crippen molar-refractivity contribution in [2.75, 3.05) is 0 Å². The molecule has 1 unspecified atom stereocenters. The van der Waals surface area contributed by atoms with Gasteiger partial charge in [0.1, 0.15) is 0 Å². The fraction of sp³-hybridized carbons (Fsp3) is 0.533. The molecule has 3 nitrogen and oxygen atoms in total. The Morgan fingerprint density at radius 1 is 1.11 bits per heavy atom. The van der Waals surface area contributed by atoms with Gasteiger partial charge in [0.25, 0.3) is 0 Å². The summed E-state index contributed by atoms with van der Waals surface area (Å²) in [5, 5.41) is 2.24. The average molecular weight is 257 g/mol. The average Bonchev–Trinajstić information content (AvgIpc) is 2.74. The molecule has 19 heavy (non-hydrogen) atoms.